The van der Waals surface area contributed by atoms with Crippen LogP contribution >= 0.6 is 0 Å². The third-order valence-corrected chi connectivity index (χ3v) is 3.73. The SMILES string of the molecule is CC(NCc1ccc(C(C)(C)C)cc1)C(C)(C)C. The summed E-state index contributed by atoms with van der Waals surface area (Å²) in [5.74, 6) is 0. The van der Waals surface area contributed by atoms with Crippen molar-refractivity contribution in [1.29, 1.82) is 0 Å². The third-order valence-electron chi connectivity index (χ3n) is 3.73. The Labute approximate surface area is 113 Å². The van der Waals surface area contributed by atoms with Crippen LogP contribution < -0.4 is 5.32 Å². The second-order valence-electron chi connectivity index (χ2n) is 7.42. The first kappa shape index (κ1) is 15.2. The number of rotatable bonds is 3. The summed E-state index contributed by atoms with van der Waals surface area (Å²) in [5, 5.41) is 3.60. The highest BCUT2D eigenvalue weighted by Crippen LogP contribution is 2.22. The maximum Gasteiger partial charge on any atom is 0.0208 e. The van der Waals surface area contributed by atoms with E-state index in [1.165, 1.54) is 11.1 Å². The number of nitrogens with one attached hydrogen (secondary N) is 1. The lowest BCUT2D eigenvalue weighted by Gasteiger charge is -2.28. The minimum absolute atomic E-state index is 0.241. The van der Waals surface area contributed by atoms with Gasteiger partial charge in [0.1, 0.15) is 0 Å². The van der Waals surface area contributed by atoms with Crippen LogP contribution in [0.1, 0.15) is 59.6 Å². The second-order valence-corrected chi connectivity index (χ2v) is 7.42. The van der Waals surface area contributed by atoms with E-state index in [1.807, 2.05) is 0 Å². The van der Waals surface area contributed by atoms with Gasteiger partial charge in [-0.15, -0.1) is 0 Å². The predicted molar refractivity (Wildman–Crippen MR) is 80.9 cm³/mol. The fourth-order valence-electron chi connectivity index (χ4n) is 1.70. The average Bonchev–Trinajstić information content (AvgIpc) is 2.24. The number of benzene rings is 1. The van der Waals surface area contributed by atoms with Gasteiger partial charge in [-0.2, -0.15) is 0 Å². The minimum Gasteiger partial charge on any atom is -0.310 e. The molecular formula is C17H29N. The molecule has 1 unspecified atom stereocenters. The molecule has 0 bridgehead atoms. The van der Waals surface area contributed by atoms with Gasteiger partial charge in [-0.25, -0.2) is 0 Å². The summed E-state index contributed by atoms with van der Waals surface area (Å²) in [6.07, 6.45) is 0. The first-order valence-electron chi connectivity index (χ1n) is 6.93. The van der Waals surface area contributed by atoms with Crippen LogP contribution in [0.2, 0.25) is 0 Å². The summed E-state index contributed by atoms with van der Waals surface area (Å²) in [5.41, 5.74) is 3.31. The lowest BCUT2D eigenvalue weighted by Crippen LogP contribution is -2.37. The molecule has 0 fully saturated rings. The molecule has 0 aliphatic rings. The van der Waals surface area contributed by atoms with Gasteiger partial charge in [-0.3, -0.25) is 0 Å². The highest BCUT2D eigenvalue weighted by atomic mass is 14.9. The van der Waals surface area contributed by atoms with Crippen LogP contribution in [-0.4, -0.2) is 6.04 Å². The van der Waals surface area contributed by atoms with Gasteiger partial charge in [0.05, 0.1) is 0 Å². The summed E-state index contributed by atoms with van der Waals surface area (Å²) in [6, 6.07) is 9.49. The topological polar surface area (TPSA) is 12.0 Å². The first-order valence-corrected chi connectivity index (χ1v) is 6.93. The fraction of sp³-hybridized carbons (Fsp3) is 0.647. The van der Waals surface area contributed by atoms with Gasteiger partial charge in [-0.1, -0.05) is 65.8 Å². The van der Waals surface area contributed by atoms with E-state index in [1.54, 1.807) is 0 Å². The Kier molecular flexibility index (Phi) is 4.61. The van der Waals surface area contributed by atoms with E-state index in [2.05, 4.69) is 78.0 Å². The normalized spacial score (nSPS) is 14.6. The van der Waals surface area contributed by atoms with Crippen molar-refractivity contribution < 1.29 is 0 Å². The molecular weight excluding hydrogens is 218 g/mol. The van der Waals surface area contributed by atoms with Crippen LogP contribution in [0, 0.1) is 5.41 Å². The quantitative estimate of drug-likeness (QED) is 0.828. The van der Waals surface area contributed by atoms with E-state index >= 15 is 0 Å². The Bertz CT molecular complexity index is 362. The van der Waals surface area contributed by atoms with Crippen LogP contribution in [0.3, 0.4) is 0 Å². The van der Waals surface area contributed by atoms with E-state index in [9.17, 15) is 0 Å². The van der Waals surface area contributed by atoms with Crippen molar-refractivity contribution in [2.45, 2.75) is 66.5 Å². The summed E-state index contributed by atoms with van der Waals surface area (Å²) in [6.45, 7) is 16.8. The molecule has 0 aliphatic heterocycles. The summed E-state index contributed by atoms with van der Waals surface area (Å²) >= 11 is 0. The smallest absolute Gasteiger partial charge is 0.0208 e. The third kappa shape index (κ3) is 4.45. The highest BCUT2D eigenvalue weighted by molar-refractivity contribution is 5.27. The number of hydrogen-bond acceptors (Lipinski definition) is 1. The first-order chi connectivity index (χ1) is 8.10. The molecule has 0 heterocycles. The van der Waals surface area contributed by atoms with Crippen molar-refractivity contribution in [3.8, 4) is 0 Å². The van der Waals surface area contributed by atoms with Crippen LogP contribution in [0.15, 0.2) is 24.3 Å². The molecule has 1 N–H and O–H groups in total. The van der Waals surface area contributed by atoms with Gasteiger partial charge in [0.25, 0.3) is 0 Å². The average molecular weight is 247 g/mol. The Morgan fingerprint density at radius 3 is 1.83 bits per heavy atom. The van der Waals surface area contributed by atoms with Crippen LogP contribution in [0.5, 0.6) is 0 Å². The van der Waals surface area contributed by atoms with Gasteiger partial charge in [0.2, 0.25) is 0 Å². The van der Waals surface area contributed by atoms with E-state index < -0.39 is 0 Å². The van der Waals surface area contributed by atoms with Gasteiger partial charge in [0, 0.05) is 12.6 Å². The van der Waals surface area contributed by atoms with Crippen molar-refractivity contribution in [2.24, 2.45) is 5.41 Å². The van der Waals surface area contributed by atoms with Crippen LogP contribution in [0.25, 0.3) is 0 Å². The Balaban J connectivity index is 2.60. The molecule has 1 aromatic carbocycles. The summed E-state index contributed by atoms with van der Waals surface area (Å²) in [7, 11) is 0. The van der Waals surface area contributed by atoms with Crippen molar-refractivity contribution in [3.63, 3.8) is 0 Å². The molecule has 1 rings (SSSR count). The van der Waals surface area contributed by atoms with Gasteiger partial charge in [-0.05, 0) is 28.9 Å². The second kappa shape index (κ2) is 5.44. The van der Waals surface area contributed by atoms with E-state index in [4.69, 9.17) is 0 Å². The molecule has 0 saturated heterocycles. The maximum atomic E-state index is 3.60. The molecule has 1 aromatic rings. The van der Waals surface area contributed by atoms with Gasteiger partial charge in [0.15, 0.2) is 0 Å². The molecule has 0 aliphatic carbocycles. The monoisotopic (exact) mass is 247 g/mol. The molecule has 0 spiro atoms. The van der Waals surface area contributed by atoms with Gasteiger partial charge >= 0.3 is 0 Å². The lowest BCUT2D eigenvalue weighted by atomic mass is 9.86. The fourth-order valence-corrected chi connectivity index (χ4v) is 1.70. The molecule has 1 heteroatoms. The molecule has 1 nitrogen and oxygen atoms in total. The Hall–Kier alpha value is -0.820. The Morgan fingerprint density at radius 2 is 1.44 bits per heavy atom. The molecule has 0 radical (unpaired) electrons. The van der Waals surface area contributed by atoms with E-state index in [-0.39, 0.29) is 5.41 Å². The largest absolute Gasteiger partial charge is 0.310 e. The lowest BCUT2D eigenvalue weighted by molar-refractivity contribution is 0.285. The zero-order valence-corrected chi connectivity index (χ0v) is 13.1. The molecule has 0 amide bonds. The maximum absolute atomic E-state index is 3.60. The van der Waals surface area contributed by atoms with Crippen molar-refractivity contribution in [2.75, 3.05) is 0 Å². The molecule has 102 valence electrons. The zero-order chi connectivity index (χ0) is 14.0. The molecule has 18 heavy (non-hydrogen) atoms. The van der Waals surface area contributed by atoms with Crippen molar-refractivity contribution in [1.82, 2.24) is 5.32 Å². The summed E-state index contributed by atoms with van der Waals surface area (Å²) in [4.78, 5) is 0. The zero-order valence-electron chi connectivity index (χ0n) is 13.1. The molecule has 0 saturated carbocycles. The van der Waals surface area contributed by atoms with E-state index in [0.717, 1.165) is 6.54 Å². The van der Waals surface area contributed by atoms with Crippen LogP contribution in [-0.2, 0) is 12.0 Å². The van der Waals surface area contributed by atoms with E-state index in [0.29, 0.717) is 11.5 Å². The highest BCUT2D eigenvalue weighted by Gasteiger charge is 2.19. The number of hydrogen-bond donors (Lipinski definition) is 1. The standard InChI is InChI=1S/C17H29N/c1-13(16(2,3)4)18-12-14-8-10-15(11-9-14)17(5,6)7/h8-11,13,18H,12H2,1-7H3. The molecule has 1 atom stereocenters. The minimum atomic E-state index is 0.241. The Morgan fingerprint density at radius 1 is 0.944 bits per heavy atom. The van der Waals surface area contributed by atoms with Gasteiger partial charge < -0.3 is 5.32 Å². The van der Waals surface area contributed by atoms with Crippen LogP contribution in [0.4, 0.5) is 0 Å². The molecule has 0 aromatic heterocycles. The van der Waals surface area contributed by atoms with Crippen molar-refractivity contribution >= 4 is 0 Å². The summed E-state index contributed by atoms with van der Waals surface area (Å²) < 4.78 is 0. The predicted octanol–water partition coefficient (Wildman–Crippen LogP) is 4.51. The van der Waals surface area contributed by atoms with Crippen molar-refractivity contribution in [3.05, 3.63) is 35.4 Å².